The minimum Gasteiger partial charge on any atom is -0.294 e. The van der Waals surface area contributed by atoms with Gasteiger partial charge in [-0.15, -0.1) is 0 Å². The monoisotopic (exact) mass is 327 g/mol. The van der Waals surface area contributed by atoms with E-state index in [-0.39, 0.29) is 0 Å². The van der Waals surface area contributed by atoms with Gasteiger partial charge in [0.05, 0.1) is 6.20 Å². The summed E-state index contributed by atoms with van der Waals surface area (Å²) in [6.45, 7) is 11.9. The molecule has 0 saturated heterocycles. The second-order valence-electron chi connectivity index (χ2n) is 8.16. The molecule has 2 aromatic rings. The first-order valence-corrected chi connectivity index (χ1v) is 8.85. The average molecular weight is 327 g/mol. The highest BCUT2D eigenvalue weighted by molar-refractivity contribution is 5.22. The molecule has 1 aliphatic heterocycles. The van der Waals surface area contributed by atoms with Gasteiger partial charge < -0.3 is 0 Å². The number of aromatic nitrogens is 4. The molecule has 0 unspecified atom stereocenters. The van der Waals surface area contributed by atoms with Gasteiger partial charge in [-0.2, -0.15) is 5.10 Å². The van der Waals surface area contributed by atoms with E-state index in [9.17, 15) is 0 Å². The molecule has 0 fully saturated rings. The summed E-state index contributed by atoms with van der Waals surface area (Å²) in [6, 6.07) is 0. The summed E-state index contributed by atoms with van der Waals surface area (Å²) in [5.41, 5.74) is 5.41. The second kappa shape index (κ2) is 6.63. The first-order chi connectivity index (χ1) is 11.3. The highest BCUT2D eigenvalue weighted by atomic mass is 15.3. The first kappa shape index (κ1) is 17.1. The van der Waals surface area contributed by atoms with Crippen molar-refractivity contribution in [3.8, 4) is 0 Å². The molecule has 2 aromatic heterocycles. The van der Waals surface area contributed by atoms with Crippen molar-refractivity contribution >= 4 is 0 Å². The molecule has 0 bridgehead atoms. The number of rotatable bonds is 4. The fourth-order valence-corrected chi connectivity index (χ4v) is 3.10. The van der Waals surface area contributed by atoms with E-state index in [1.807, 2.05) is 24.1 Å². The van der Waals surface area contributed by atoms with Crippen LogP contribution in [0.3, 0.4) is 0 Å². The van der Waals surface area contributed by atoms with Crippen molar-refractivity contribution in [3.05, 3.63) is 40.7 Å². The Morgan fingerprint density at radius 2 is 2.00 bits per heavy atom. The van der Waals surface area contributed by atoms with Crippen LogP contribution in [-0.4, -0.2) is 31.2 Å². The number of fused-ring (bicyclic) bond motifs is 1. The van der Waals surface area contributed by atoms with Gasteiger partial charge in [0.15, 0.2) is 0 Å². The second-order valence-corrected chi connectivity index (χ2v) is 8.16. The molecule has 0 radical (unpaired) electrons. The van der Waals surface area contributed by atoms with Crippen LogP contribution in [0.25, 0.3) is 0 Å². The number of aryl methyl sites for hydroxylation is 2. The third-order valence-electron chi connectivity index (χ3n) is 4.89. The van der Waals surface area contributed by atoms with Crippen LogP contribution < -0.4 is 0 Å². The molecular weight excluding hydrogens is 298 g/mol. The third kappa shape index (κ3) is 4.01. The summed E-state index contributed by atoms with van der Waals surface area (Å²) in [7, 11) is 2.00. The summed E-state index contributed by atoms with van der Waals surface area (Å²) in [5, 5.41) is 4.34. The lowest BCUT2D eigenvalue weighted by Crippen LogP contribution is -2.31. The van der Waals surface area contributed by atoms with Crippen molar-refractivity contribution in [1.82, 2.24) is 24.6 Å². The van der Waals surface area contributed by atoms with Crippen molar-refractivity contribution in [3.63, 3.8) is 0 Å². The maximum absolute atomic E-state index is 4.83. The molecule has 3 rings (SSSR count). The molecule has 0 N–H and O–H groups in total. The van der Waals surface area contributed by atoms with Crippen LogP contribution in [-0.2, 0) is 33.0 Å². The quantitative estimate of drug-likeness (QED) is 0.866. The van der Waals surface area contributed by atoms with E-state index in [0.717, 1.165) is 44.7 Å². The minimum absolute atomic E-state index is 0.331. The standard InChI is InChI=1S/C19H29N5/c1-14-15(11-21-23(14)5)12-24-9-7-17-16(13-24)10-20-18(22-17)6-8-19(2,3)4/h10-11H,6-9,12-13H2,1-5H3. The molecule has 0 amide bonds. The molecule has 5 heteroatoms. The summed E-state index contributed by atoms with van der Waals surface area (Å²) < 4.78 is 1.94. The van der Waals surface area contributed by atoms with E-state index in [1.54, 1.807) is 0 Å². The predicted molar refractivity (Wildman–Crippen MR) is 95.6 cm³/mol. The van der Waals surface area contributed by atoms with Crippen molar-refractivity contribution in [2.24, 2.45) is 12.5 Å². The molecule has 24 heavy (non-hydrogen) atoms. The summed E-state index contributed by atoms with van der Waals surface area (Å²) >= 11 is 0. The minimum atomic E-state index is 0.331. The molecule has 3 heterocycles. The molecule has 130 valence electrons. The van der Waals surface area contributed by atoms with Crippen LogP contribution in [0.15, 0.2) is 12.4 Å². The Labute approximate surface area is 145 Å². The molecule has 1 aliphatic rings. The van der Waals surface area contributed by atoms with Crippen molar-refractivity contribution in [1.29, 1.82) is 0 Å². The highest BCUT2D eigenvalue weighted by Crippen LogP contribution is 2.22. The van der Waals surface area contributed by atoms with Crippen molar-refractivity contribution < 1.29 is 0 Å². The molecule has 0 aromatic carbocycles. The lowest BCUT2D eigenvalue weighted by atomic mass is 9.90. The Balaban J connectivity index is 1.65. The Bertz CT molecular complexity index is 711. The molecule has 0 saturated carbocycles. The van der Waals surface area contributed by atoms with E-state index < -0.39 is 0 Å². The van der Waals surface area contributed by atoms with Gasteiger partial charge in [0.1, 0.15) is 5.82 Å². The first-order valence-electron chi connectivity index (χ1n) is 8.85. The fraction of sp³-hybridized carbons (Fsp3) is 0.632. The Morgan fingerprint density at radius 3 is 2.67 bits per heavy atom. The number of hydrogen-bond donors (Lipinski definition) is 0. The largest absolute Gasteiger partial charge is 0.294 e. The van der Waals surface area contributed by atoms with Gasteiger partial charge in [0.2, 0.25) is 0 Å². The topological polar surface area (TPSA) is 46.8 Å². The van der Waals surface area contributed by atoms with E-state index >= 15 is 0 Å². The zero-order valence-electron chi connectivity index (χ0n) is 15.6. The molecule has 5 nitrogen and oxygen atoms in total. The molecular formula is C19H29N5. The molecule has 0 spiro atoms. The normalized spacial score (nSPS) is 15.5. The molecule has 0 atom stereocenters. The number of hydrogen-bond acceptors (Lipinski definition) is 4. The van der Waals surface area contributed by atoms with E-state index in [1.165, 1.54) is 22.5 Å². The van der Waals surface area contributed by atoms with Crippen LogP contribution in [0.4, 0.5) is 0 Å². The maximum atomic E-state index is 4.83. The molecule has 0 aliphatic carbocycles. The number of nitrogens with zero attached hydrogens (tertiary/aromatic N) is 5. The lowest BCUT2D eigenvalue weighted by Gasteiger charge is -2.28. The van der Waals surface area contributed by atoms with E-state index in [4.69, 9.17) is 4.98 Å². The average Bonchev–Trinajstić information content (AvgIpc) is 2.84. The van der Waals surface area contributed by atoms with Crippen LogP contribution in [0.2, 0.25) is 0 Å². The Morgan fingerprint density at radius 1 is 1.21 bits per heavy atom. The lowest BCUT2D eigenvalue weighted by molar-refractivity contribution is 0.242. The van der Waals surface area contributed by atoms with Gasteiger partial charge in [0.25, 0.3) is 0 Å². The van der Waals surface area contributed by atoms with Crippen LogP contribution in [0.5, 0.6) is 0 Å². The fourth-order valence-electron chi connectivity index (χ4n) is 3.10. The predicted octanol–water partition coefficient (Wildman–Crippen LogP) is 3.06. The van der Waals surface area contributed by atoms with Gasteiger partial charge in [-0.05, 0) is 18.8 Å². The summed E-state index contributed by atoms with van der Waals surface area (Å²) in [6.07, 6.45) is 7.13. The van der Waals surface area contributed by atoms with E-state index in [2.05, 4.69) is 42.7 Å². The van der Waals surface area contributed by atoms with Gasteiger partial charge in [-0.3, -0.25) is 9.58 Å². The van der Waals surface area contributed by atoms with Gasteiger partial charge >= 0.3 is 0 Å². The summed E-state index contributed by atoms with van der Waals surface area (Å²) in [5.74, 6) is 1.00. The third-order valence-corrected chi connectivity index (χ3v) is 4.89. The Kier molecular flexibility index (Phi) is 4.72. The van der Waals surface area contributed by atoms with Gasteiger partial charge in [0, 0.05) is 68.2 Å². The van der Waals surface area contributed by atoms with Crippen LogP contribution in [0, 0.1) is 12.3 Å². The van der Waals surface area contributed by atoms with Crippen molar-refractivity contribution in [2.75, 3.05) is 6.54 Å². The van der Waals surface area contributed by atoms with Crippen molar-refractivity contribution in [2.45, 2.75) is 60.0 Å². The zero-order valence-corrected chi connectivity index (χ0v) is 15.6. The van der Waals surface area contributed by atoms with Crippen LogP contribution >= 0.6 is 0 Å². The smallest absolute Gasteiger partial charge is 0.128 e. The Hall–Kier alpha value is -1.75. The van der Waals surface area contributed by atoms with Gasteiger partial charge in [-0.1, -0.05) is 20.8 Å². The summed E-state index contributed by atoms with van der Waals surface area (Å²) in [4.78, 5) is 11.9. The SMILES string of the molecule is Cc1c(CN2CCc3nc(CCC(C)(C)C)ncc3C2)cnn1C. The zero-order chi connectivity index (χ0) is 17.3. The van der Waals surface area contributed by atoms with E-state index in [0.29, 0.717) is 5.41 Å². The maximum Gasteiger partial charge on any atom is 0.128 e. The van der Waals surface area contributed by atoms with Gasteiger partial charge in [-0.25, -0.2) is 9.97 Å². The van der Waals surface area contributed by atoms with Crippen LogP contribution in [0.1, 0.15) is 55.5 Å². The highest BCUT2D eigenvalue weighted by Gasteiger charge is 2.20.